The van der Waals surface area contributed by atoms with Gasteiger partial charge in [-0.3, -0.25) is 15.5 Å². The van der Waals surface area contributed by atoms with Crippen molar-refractivity contribution in [3.63, 3.8) is 0 Å². The number of rotatable bonds is 4. The van der Waals surface area contributed by atoms with Crippen molar-refractivity contribution in [2.75, 3.05) is 41.8 Å². The zero-order valence-corrected chi connectivity index (χ0v) is 30.2. The highest BCUT2D eigenvalue weighted by molar-refractivity contribution is 6.05. The number of benzene rings is 1. The number of carbonyl (C=O) groups is 4. The van der Waals surface area contributed by atoms with E-state index in [0.717, 1.165) is 11.3 Å². The zero-order chi connectivity index (χ0) is 37.7. The van der Waals surface area contributed by atoms with Crippen LogP contribution in [0.2, 0.25) is 0 Å². The van der Waals surface area contributed by atoms with Gasteiger partial charge in [0.1, 0.15) is 35.4 Å². The van der Waals surface area contributed by atoms with Crippen LogP contribution in [0.3, 0.4) is 0 Å². The number of hydrogen-bond donors (Lipinski definition) is 3. The molecule has 6 rings (SSSR count). The lowest BCUT2D eigenvalue weighted by molar-refractivity contribution is -0.0342. The second kappa shape index (κ2) is 13.3. The number of pyridine rings is 2. The molecule has 0 radical (unpaired) electrons. The standard InChI is InChI=1S/C36H43FN6O9/c1-19-23(16-39-29-28(19)43(32(46)47)10-11-49-29)22-12-20-13-25(38-17-24(20)27(26(22)37)41-31(45)51-34(2,3)4)40-30(44)50-21-14-36(15-21)8-9-42(18-36)33(48)52-35(5,6)7/h12-13,16-17,21H,8-11,14-15,18H2,1-7H3,(H,41,45)(H,46,47)(H,38,40,44). The third-order valence-corrected chi connectivity index (χ3v) is 9.12. The summed E-state index contributed by atoms with van der Waals surface area (Å²) in [4.78, 5) is 61.8. The maximum Gasteiger partial charge on any atom is 0.413 e. The van der Waals surface area contributed by atoms with Crippen LogP contribution < -0.4 is 20.3 Å². The fourth-order valence-corrected chi connectivity index (χ4v) is 6.89. The number of likely N-dealkylation sites (tertiary alicyclic amines) is 1. The molecule has 1 saturated carbocycles. The smallest absolute Gasteiger partial charge is 0.413 e. The molecule has 2 fully saturated rings. The van der Waals surface area contributed by atoms with Crippen LogP contribution in [0.15, 0.2) is 24.5 Å². The van der Waals surface area contributed by atoms with Crippen LogP contribution in [0.1, 0.15) is 66.4 Å². The van der Waals surface area contributed by atoms with E-state index in [4.69, 9.17) is 18.9 Å². The van der Waals surface area contributed by atoms with Crippen molar-refractivity contribution in [3.05, 3.63) is 35.9 Å². The van der Waals surface area contributed by atoms with Gasteiger partial charge >= 0.3 is 24.4 Å². The fraction of sp³-hybridized carbons (Fsp3) is 0.500. The molecule has 0 unspecified atom stereocenters. The molecule has 16 heteroatoms. The van der Waals surface area contributed by atoms with Gasteiger partial charge in [-0.15, -0.1) is 0 Å². The van der Waals surface area contributed by atoms with Crippen LogP contribution in [-0.2, 0) is 14.2 Å². The Morgan fingerprint density at radius 2 is 1.67 bits per heavy atom. The molecule has 1 aromatic carbocycles. The molecule has 1 spiro atoms. The highest BCUT2D eigenvalue weighted by Gasteiger charge is 2.51. The monoisotopic (exact) mass is 722 g/mol. The third-order valence-electron chi connectivity index (χ3n) is 9.12. The summed E-state index contributed by atoms with van der Waals surface area (Å²) < 4.78 is 38.7. The number of nitrogens with one attached hydrogen (secondary N) is 2. The Balaban J connectivity index is 1.24. The minimum atomic E-state index is -1.21. The fourth-order valence-electron chi connectivity index (χ4n) is 6.89. The van der Waals surface area contributed by atoms with Gasteiger partial charge in [-0.1, -0.05) is 0 Å². The molecule has 2 aliphatic heterocycles. The lowest BCUT2D eigenvalue weighted by Gasteiger charge is -2.44. The number of carboxylic acid groups (broad SMARTS) is 1. The van der Waals surface area contributed by atoms with Crippen molar-refractivity contribution in [3.8, 4) is 17.0 Å². The SMILES string of the molecule is Cc1c(-c2cc3cc(NC(=O)OC4CC5(CCN(C(=O)OC(C)(C)C)C5)C4)ncc3c(NC(=O)OC(C)(C)C)c2F)cnc2c1N(C(=O)O)CCO2. The van der Waals surface area contributed by atoms with Crippen LogP contribution in [0.5, 0.6) is 5.88 Å². The minimum Gasteiger partial charge on any atom is -0.474 e. The topological polar surface area (TPSA) is 182 Å². The molecule has 1 aliphatic carbocycles. The summed E-state index contributed by atoms with van der Waals surface area (Å²) >= 11 is 0. The first-order valence-electron chi connectivity index (χ1n) is 17.0. The number of halogens is 1. The van der Waals surface area contributed by atoms with E-state index in [-0.39, 0.29) is 70.3 Å². The number of aromatic nitrogens is 2. The van der Waals surface area contributed by atoms with Gasteiger partial charge in [-0.05, 0) is 96.2 Å². The second-order valence-corrected chi connectivity index (χ2v) is 15.5. The molecule has 0 bridgehead atoms. The molecular formula is C36H43FN6O9. The van der Waals surface area contributed by atoms with E-state index in [0.29, 0.717) is 36.9 Å². The molecule has 52 heavy (non-hydrogen) atoms. The molecule has 0 atom stereocenters. The van der Waals surface area contributed by atoms with Gasteiger partial charge < -0.3 is 29.0 Å². The Labute approximate surface area is 299 Å². The van der Waals surface area contributed by atoms with Crippen molar-refractivity contribution in [1.82, 2.24) is 14.9 Å². The van der Waals surface area contributed by atoms with Gasteiger partial charge in [0, 0.05) is 42.0 Å². The van der Waals surface area contributed by atoms with Crippen molar-refractivity contribution < 1.29 is 47.6 Å². The number of fused-ring (bicyclic) bond motifs is 2. The predicted octanol–water partition coefficient (Wildman–Crippen LogP) is 7.31. The predicted molar refractivity (Wildman–Crippen MR) is 188 cm³/mol. The first-order chi connectivity index (χ1) is 24.3. The second-order valence-electron chi connectivity index (χ2n) is 15.5. The molecule has 3 aromatic rings. The van der Waals surface area contributed by atoms with Crippen molar-refractivity contribution >= 4 is 52.3 Å². The highest BCUT2D eigenvalue weighted by Crippen LogP contribution is 2.50. The van der Waals surface area contributed by atoms with Crippen molar-refractivity contribution in [2.24, 2.45) is 5.41 Å². The molecule has 3 aliphatic rings. The van der Waals surface area contributed by atoms with Crippen LogP contribution in [0.25, 0.3) is 21.9 Å². The normalized spacial score (nSPS) is 19.7. The van der Waals surface area contributed by atoms with Crippen molar-refractivity contribution in [1.29, 1.82) is 0 Å². The van der Waals surface area contributed by atoms with Crippen LogP contribution >= 0.6 is 0 Å². The number of hydrogen-bond acceptors (Lipinski definition) is 10. The maximum atomic E-state index is 16.5. The molecule has 4 amide bonds. The van der Waals surface area contributed by atoms with Crippen LogP contribution in [-0.4, -0.2) is 87.9 Å². The summed E-state index contributed by atoms with van der Waals surface area (Å²) in [5.74, 6) is -0.627. The largest absolute Gasteiger partial charge is 0.474 e. The number of amides is 4. The Hall–Kier alpha value is -5.41. The van der Waals surface area contributed by atoms with Gasteiger partial charge in [-0.2, -0.15) is 0 Å². The lowest BCUT2D eigenvalue weighted by atomic mass is 9.66. The quantitative estimate of drug-likeness (QED) is 0.230. The van der Waals surface area contributed by atoms with Gasteiger partial charge in [0.25, 0.3) is 0 Å². The average Bonchev–Trinajstić information content (AvgIpc) is 3.46. The van der Waals surface area contributed by atoms with Gasteiger partial charge in [-0.25, -0.2) is 33.5 Å². The van der Waals surface area contributed by atoms with E-state index < -0.39 is 35.3 Å². The molecule has 2 aromatic heterocycles. The Bertz CT molecular complexity index is 1950. The molecule has 3 N–H and O–H groups in total. The first kappa shape index (κ1) is 36.4. The van der Waals surface area contributed by atoms with E-state index in [2.05, 4.69) is 20.6 Å². The summed E-state index contributed by atoms with van der Waals surface area (Å²) in [7, 11) is 0. The molecule has 4 heterocycles. The molecular weight excluding hydrogens is 679 g/mol. The first-order valence-corrected chi connectivity index (χ1v) is 17.0. The number of carbonyl (C=O) groups excluding carboxylic acids is 3. The Kier molecular flexibility index (Phi) is 9.30. The van der Waals surface area contributed by atoms with Crippen LogP contribution in [0.4, 0.5) is 40.8 Å². The van der Waals surface area contributed by atoms with E-state index in [1.165, 1.54) is 24.5 Å². The summed E-state index contributed by atoms with van der Waals surface area (Å²) in [5, 5.41) is 15.6. The van der Waals surface area contributed by atoms with Crippen LogP contribution in [0, 0.1) is 18.2 Å². The zero-order valence-electron chi connectivity index (χ0n) is 30.2. The van der Waals surface area contributed by atoms with Gasteiger partial charge in [0.2, 0.25) is 5.88 Å². The summed E-state index contributed by atoms with van der Waals surface area (Å²) in [6.07, 6.45) is 1.13. The summed E-state index contributed by atoms with van der Waals surface area (Å²) in [6.45, 7) is 13.4. The van der Waals surface area contributed by atoms with E-state index in [1.807, 2.05) is 20.8 Å². The summed E-state index contributed by atoms with van der Waals surface area (Å²) in [5.41, 5.74) is -0.998. The van der Waals surface area contributed by atoms with E-state index in [1.54, 1.807) is 32.6 Å². The van der Waals surface area contributed by atoms with E-state index in [9.17, 15) is 24.3 Å². The third kappa shape index (κ3) is 7.60. The Morgan fingerprint density at radius 1 is 0.962 bits per heavy atom. The van der Waals surface area contributed by atoms with Gasteiger partial charge in [0.15, 0.2) is 5.82 Å². The molecule has 278 valence electrons. The Morgan fingerprint density at radius 3 is 2.35 bits per heavy atom. The molecule has 15 nitrogen and oxygen atoms in total. The van der Waals surface area contributed by atoms with E-state index >= 15 is 4.39 Å². The number of ether oxygens (including phenoxy) is 4. The number of nitrogens with zero attached hydrogens (tertiary/aromatic N) is 4. The molecule has 1 saturated heterocycles. The lowest BCUT2D eigenvalue weighted by Crippen LogP contribution is -2.46. The average molecular weight is 723 g/mol. The van der Waals surface area contributed by atoms with Crippen molar-refractivity contribution in [2.45, 2.75) is 85.0 Å². The minimum absolute atomic E-state index is 0.00116. The summed E-state index contributed by atoms with van der Waals surface area (Å²) in [6, 6.07) is 3.01. The highest BCUT2D eigenvalue weighted by atomic mass is 19.1. The maximum absolute atomic E-state index is 16.5. The van der Waals surface area contributed by atoms with Gasteiger partial charge in [0.05, 0.1) is 12.2 Å². The number of anilines is 3.